The lowest BCUT2D eigenvalue weighted by atomic mass is 10.0. The van der Waals surface area contributed by atoms with E-state index < -0.39 is 0 Å². The predicted molar refractivity (Wildman–Crippen MR) is 114 cm³/mol. The van der Waals surface area contributed by atoms with Crippen molar-refractivity contribution < 1.29 is 9.21 Å². The number of hydrogen-bond donors (Lipinski definition) is 1. The van der Waals surface area contributed by atoms with Crippen LogP contribution in [0.1, 0.15) is 5.56 Å². The van der Waals surface area contributed by atoms with Crippen molar-refractivity contribution in [3.8, 4) is 22.6 Å². The van der Waals surface area contributed by atoms with E-state index in [-0.39, 0.29) is 24.2 Å². The van der Waals surface area contributed by atoms with Crippen molar-refractivity contribution >= 4 is 35.1 Å². The van der Waals surface area contributed by atoms with Crippen molar-refractivity contribution in [3.63, 3.8) is 0 Å². The molecule has 1 amide bonds. The molecule has 0 saturated heterocycles. The number of anilines is 1. The van der Waals surface area contributed by atoms with Gasteiger partial charge in [-0.25, -0.2) is 0 Å². The Kier molecular flexibility index (Phi) is 5.60. The van der Waals surface area contributed by atoms with E-state index in [1.54, 1.807) is 18.2 Å². The Labute approximate surface area is 177 Å². The molecule has 0 aliphatic rings. The molecule has 0 spiro atoms. The third-order valence-electron chi connectivity index (χ3n) is 4.21. The first-order chi connectivity index (χ1) is 14.1. The van der Waals surface area contributed by atoms with E-state index >= 15 is 0 Å². The van der Waals surface area contributed by atoms with Crippen molar-refractivity contribution in [2.24, 2.45) is 0 Å². The molecule has 0 saturated carbocycles. The van der Waals surface area contributed by atoms with Gasteiger partial charge in [-0.05, 0) is 34.9 Å². The van der Waals surface area contributed by atoms with Crippen LogP contribution in [0.15, 0.2) is 77.2 Å². The molecular weight excluding hydrogens is 409 g/mol. The average Bonchev–Trinajstić information content (AvgIpc) is 3.17. The quantitative estimate of drug-likeness (QED) is 0.434. The predicted octanol–water partition coefficient (Wildman–Crippen LogP) is 5.89. The second-order valence-corrected chi connectivity index (χ2v) is 7.23. The molecule has 0 fully saturated rings. The van der Waals surface area contributed by atoms with Crippen molar-refractivity contribution in [1.29, 1.82) is 0 Å². The zero-order chi connectivity index (χ0) is 20.2. The smallest absolute Gasteiger partial charge is 0.322 e. The lowest BCUT2D eigenvalue weighted by Crippen LogP contribution is -2.14. The molecule has 0 aliphatic heterocycles. The topological polar surface area (TPSA) is 68.0 Å². The average molecular weight is 424 g/mol. The number of hydrogen-bond acceptors (Lipinski definition) is 4. The van der Waals surface area contributed by atoms with Crippen LogP contribution in [0.5, 0.6) is 0 Å². The highest BCUT2D eigenvalue weighted by atomic mass is 35.5. The van der Waals surface area contributed by atoms with Crippen molar-refractivity contribution in [1.82, 2.24) is 10.2 Å². The number of amides is 1. The van der Waals surface area contributed by atoms with E-state index in [2.05, 4.69) is 15.5 Å². The van der Waals surface area contributed by atoms with E-state index in [0.717, 1.165) is 16.7 Å². The summed E-state index contributed by atoms with van der Waals surface area (Å²) >= 11 is 12.0. The first-order valence-corrected chi connectivity index (χ1v) is 9.56. The van der Waals surface area contributed by atoms with Gasteiger partial charge in [0.2, 0.25) is 11.8 Å². The SMILES string of the molecule is O=C(Cc1ccc(-c2ccccc2)cc1)Nc1nnc(-c2cc(Cl)cc(Cl)c2)o1. The third kappa shape index (κ3) is 4.83. The Morgan fingerprint density at radius 3 is 2.17 bits per heavy atom. The molecule has 29 heavy (non-hydrogen) atoms. The Bertz CT molecular complexity index is 1120. The van der Waals surface area contributed by atoms with Crippen LogP contribution in [-0.4, -0.2) is 16.1 Å². The fourth-order valence-corrected chi connectivity index (χ4v) is 3.39. The summed E-state index contributed by atoms with van der Waals surface area (Å²) in [6.45, 7) is 0. The van der Waals surface area contributed by atoms with Gasteiger partial charge in [-0.3, -0.25) is 10.1 Å². The van der Waals surface area contributed by atoms with Crippen molar-refractivity contribution in [3.05, 3.63) is 88.4 Å². The second-order valence-electron chi connectivity index (χ2n) is 6.36. The maximum atomic E-state index is 12.3. The minimum atomic E-state index is -0.253. The number of nitrogens with one attached hydrogen (secondary N) is 1. The fraction of sp³-hybridized carbons (Fsp3) is 0.0455. The molecule has 7 heteroatoms. The van der Waals surface area contributed by atoms with Crippen LogP contribution in [0.4, 0.5) is 6.01 Å². The Balaban J connectivity index is 1.41. The van der Waals surface area contributed by atoms with Crippen LogP contribution in [0.3, 0.4) is 0 Å². The summed E-state index contributed by atoms with van der Waals surface area (Å²) in [6, 6.07) is 22.8. The Morgan fingerprint density at radius 1 is 0.828 bits per heavy atom. The lowest BCUT2D eigenvalue weighted by molar-refractivity contribution is -0.115. The molecule has 1 aromatic heterocycles. The zero-order valence-electron chi connectivity index (χ0n) is 15.1. The molecule has 1 N–H and O–H groups in total. The second kappa shape index (κ2) is 8.47. The molecular formula is C22H15Cl2N3O2. The van der Waals surface area contributed by atoms with Gasteiger partial charge in [-0.15, -0.1) is 5.10 Å². The first kappa shape index (κ1) is 19.2. The van der Waals surface area contributed by atoms with Gasteiger partial charge in [-0.2, -0.15) is 0 Å². The van der Waals surface area contributed by atoms with Crippen molar-refractivity contribution in [2.45, 2.75) is 6.42 Å². The van der Waals surface area contributed by atoms with E-state index in [1.165, 1.54) is 0 Å². The van der Waals surface area contributed by atoms with Crippen LogP contribution in [0, 0.1) is 0 Å². The third-order valence-corrected chi connectivity index (χ3v) is 4.64. The van der Waals surface area contributed by atoms with Crippen LogP contribution < -0.4 is 5.32 Å². The van der Waals surface area contributed by atoms with Gasteiger partial charge in [0.15, 0.2) is 0 Å². The maximum Gasteiger partial charge on any atom is 0.322 e. The number of nitrogens with zero attached hydrogens (tertiary/aromatic N) is 2. The van der Waals surface area contributed by atoms with Gasteiger partial charge in [0, 0.05) is 15.6 Å². The molecule has 0 atom stereocenters. The monoisotopic (exact) mass is 423 g/mol. The van der Waals surface area contributed by atoms with Crippen LogP contribution in [0.25, 0.3) is 22.6 Å². The van der Waals surface area contributed by atoms with E-state index in [9.17, 15) is 4.79 Å². The van der Waals surface area contributed by atoms with Gasteiger partial charge >= 0.3 is 6.01 Å². The van der Waals surface area contributed by atoms with E-state index in [4.69, 9.17) is 27.6 Å². The highest BCUT2D eigenvalue weighted by molar-refractivity contribution is 6.35. The van der Waals surface area contributed by atoms with Gasteiger partial charge in [0.1, 0.15) is 0 Å². The molecule has 5 nitrogen and oxygen atoms in total. The molecule has 4 aromatic rings. The highest BCUT2D eigenvalue weighted by Gasteiger charge is 2.13. The normalized spacial score (nSPS) is 10.7. The van der Waals surface area contributed by atoms with Gasteiger partial charge < -0.3 is 4.42 Å². The molecule has 0 aliphatic carbocycles. The minimum absolute atomic E-state index is 0.0157. The summed E-state index contributed by atoms with van der Waals surface area (Å²) in [5.74, 6) is -0.0336. The summed E-state index contributed by atoms with van der Waals surface area (Å²) in [7, 11) is 0. The summed E-state index contributed by atoms with van der Waals surface area (Å²) in [4.78, 5) is 12.3. The number of halogens is 2. The fourth-order valence-electron chi connectivity index (χ4n) is 2.86. The zero-order valence-corrected chi connectivity index (χ0v) is 16.6. The number of carbonyl (C=O) groups excluding carboxylic acids is 1. The molecule has 4 rings (SSSR count). The van der Waals surface area contributed by atoms with E-state index in [1.807, 2.05) is 54.6 Å². The maximum absolute atomic E-state index is 12.3. The minimum Gasteiger partial charge on any atom is -0.403 e. The number of carbonyl (C=O) groups is 1. The van der Waals surface area contributed by atoms with E-state index in [0.29, 0.717) is 15.6 Å². The standard InChI is InChI=1S/C22H15Cl2N3O2/c23-18-11-17(12-19(24)13-18)21-26-27-22(29-21)25-20(28)10-14-6-8-16(9-7-14)15-4-2-1-3-5-15/h1-9,11-13H,10H2,(H,25,27,28). The molecule has 0 bridgehead atoms. The molecule has 0 unspecified atom stereocenters. The van der Waals surface area contributed by atoms with Crippen LogP contribution in [0.2, 0.25) is 10.0 Å². The molecule has 3 aromatic carbocycles. The van der Waals surface area contributed by atoms with Crippen molar-refractivity contribution in [2.75, 3.05) is 5.32 Å². The van der Waals surface area contributed by atoms with Crippen LogP contribution >= 0.6 is 23.2 Å². The summed E-state index contributed by atoms with van der Waals surface area (Å²) < 4.78 is 5.49. The number of aromatic nitrogens is 2. The first-order valence-electron chi connectivity index (χ1n) is 8.81. The largest absolute Gasteiger partial charge is 0.403 e. The highest BCUT2D eigenvalue weighted by Crippen LogP contribution is 2.27. The summed E-state index contributed by atoms with van der Waals surface area (Å²) in [5, 5.41) is 11.3. The Morgan fingerprint density at radius 2 is 1.48 bits per heavy atom. The van der Waals surface area contributed by atoms with Crippen LogP contribution in [-0.2, 0) is 11.2 Å². The van der Waals surface area contributed by atoms with Gasteiger partial charge in [0.05, 0.1) is 6.42 Å². The number of rotatable bonds is 5. The number of benzene rings is 3. The summed E-state index contributed by atoms with van der Waals surface area (Å²) in [6.07, 6.45) is 0.190. The van der Waals surface area contributed by atoms with Gasteiger partial charge in [-0.1, -0.05) is 82.9 Å². The summed E-state index contributed by atoms with van der Waals surface area (Å²) in [5.41, 5.74) is 3.68. The molecule has 1 heterocycles. The molecule has 144 valence electrons. The lowest BCUT2D eigenvalue weighted by Gasteiger charge is -2.04. The molecule has 0 radical (unpaired) electrons. The Hall–Kier alpha value is -3.15. The van der Waals surface area contributed by atoms with Gasteiger partial charge in [0.25, 0.3) is 0 Å².